The molecule has 0 unspecified atom stereocenters. The number of methoxy groups -OCH3 is 1. The number of benzene rings is 1. The minimum absolute atomic E-state index is 0.430. The fourth-order valence-electron chi connectivity index (χ4n) is 1.83. The average molecular weight is 470 g/mol. The Bertz CT molecular complexity index is 546. The molecule has 1 aromatic rings. The van der Waals surface area contributed by atoms with Gasteiger partial charge in [-0.3, -0.25) is 0 Å². The first-order valence-electron chi connectivity index (χ1n) is 6.64. The Labute approximate surface area is 148 Å². The Balaban J connectivity index is 3.41. The van der Waals surface area contributed by atoms with Crippen LogP contribution in [0.3, 0.4) is 0 Å². The van der Waals surface area contributed by atoms with Gasteiger partial charge in [-0.1, -0.05) is 22.9 Å². The summed E-state index contributed by atoms with van der Waals surface area (Å²) in [4.78, 5) is 12.2. The highest BCUT2D eigenvalue weighted by Crippen LogP contribution is 2.38. The van der Waals surface area contributed by atoms with Gasteiger partial charge in [0.05, 0.1) is 12.7 Å². The van der Waals surface area contributed by atoms with Crippen LogP contribution >= 0.6 is 38.5 Å². The third-order valence-electron chi connectivity index (χ3n) is 3.54. The van der Waals surface area contributed by atoms with Crippen LogP contribution in [0.5, 0.6) is 0 Å². The SMILES string of the molecule is CCC(C)(C)O[C@H](C(=O)OC)c1c(Br)cc(I)c(N)c1C. The summed E-state index contributed by atoms with van der Waals surface area (Å²) in [6.07, 6.45) is -0.0320. The summed E-state index contributed by atoms with van der Waals surface area (Å²) >= 11 is 5.68. The van der Waals surface area contributed by atoms with Gasteiger partial charge in [-0.15, -0.1) is 0 Å². The number of carbonyl (C=O) groups excluding carboxylic acids is 1. The molecule has 0 heterocycles. The molecular weight excluding hydrogens is 449 g/mol. The quantitative estimate of drug-likeness (QED) is 0.395. The summed E-state index contributed by atoms with van der Waals surface area (Å²) in [5, 5.41) is 0. The lowest BCUT2D eigenvalue weighted by Gasteiger charge is -2.30. The standard InChI is InChI=1S/C15H21BrINO3/c1-6-15(3,4)21-13(14(19)20-5)11-8(2)12(18)10(17)7-9(11)16/h7,13H,6,18H2,1-5H3/t13-/m0/s1. The highest BCUT2D eigenvalue weighted by molar-refractivity contribution is 14.1. The highest BCUT2D eigenvalue weighted by atomic mass is 127. The van der Waals surface area contributed by atoms with Crippen LogP contribution in [0, 0.1) is 10.5 Å². The fraction of sp³-hybridized carbons (Fsp3) is 0.533. The highest BCUT2D eigenvalue weighted by Gasteiger charge is 2.33. The van der Waals surface area contributed by atoms with E-state index in [0.717, 1.165) is 25.6 Å². The van der Waals surface area contributed by atoms with Gasteiger partial charge in [-0.05, 0) is 61.4 Å². The van der Waals surface area contributed by atoms with Crippen molar-refractivity contribution in [2.45, 2.75) is 45.8 Å². The van der Waals surface area contributed by atoms with E-state index in [0.29, 0.717) is 5.69 Å². The third-order valence-corrected chi connectivity index (χ3v) is 5.09. The van der Waals surface area contributed by atoms with Crippen molar-refractivity contribution in [2.24, 2.45) is 0 Å². The minimum atomic E-state index is -0.807. The van der Waals surface area contributed by atoms with E-state index in [-0.39, 0.29) is 0 Å². The molecule has 0 amide bonds. The van der Waals surface area contributed by atoms with Crippen LogP contribution in [-0.4, -0.2) is 18.7 Å². The van der Waals surface area contributed by atoms with E-state index >= 15 is 0 Å². The molecule has 1 aromatic carbocycles. The number of halogens is 2. The fourth-order valence-corrected chi connectivity index (χ4v) is 3.70. The Morgan fingerprint density at radius 1 is 1.52 bits per heavy atom. The molecule has 0 aromatic heterocycles. The van der Waals surface area contributed by atoms with Crippen molar-refractivity contribution in [1.29, 1.82) is 0 Å². The van der Waals surface area contributed by atoms with Crippen molar-refractivity contribution >= 4 is 50.2 Å². The first-order chi connectivity index (χ1) is 9.64. The van der Waals surface area contributed by atoms with E-state index < -0.39 is 17.7 Å². The topological polar surface area (TPSA) is 61.5 Å². The Kier molecular flexibility index (Phi) is 6.49. The molecule has 0 aliphatic rings. The molecule has 1 atom stereocenters. The lowest BCUT2D eigenvalue weighted by atomic mass is 9.99. The smallest absolute Gasteiger partial charge is 0.339 e. The molecule has 0 aliphatic carbocycles. The number of anilines is 1. The van der Waals surface area contributed by atoms with Gasteiger partial charge in [-0.25, -0.2) is 4.79 Å². The number of nitrogens with two attached hydrogens (primary N) is 1. The van der Waals surface area contributed by atoms with E-state index in [9.17, 15) is 4.79 Å². The van der Waals surface area contributed by atoms with Gasteiger partial charge in [0, 0.05) is 19.3 Å². The van der Waals surface area contributed by atoms with Crippen molar-refractivity contribution in [3.8, 4) is 0 Å². The summed E-state index contributed by atoms with van der Waals surface area (Å²) in [7, 11) is 1.36. The number of ether oxygens (including phenoxy) is 2. The zero-order chi connectivity index (χ0) is 16.4. The second-order valence-electron chi connectivity index (χ2n) is 5.43. The van der Waals surface area contributed by atoms with Gasteiger partial charge in [0.1, 0.15) is 0 Å². The van der Waals surface area contributed by atoms with Crippen LogP contribution in [0.2, 0.25) is 0 Å². The predicted molar refractivity (Wildman–Crippen MR) is 96.2 cm³/mol. The molecule has 0 aliphatic heterocycles. The van der Waals surface area contributed by atoms with E-state index in [1.807, 2.05) is 33.8 Å². The summed E-state index contributed by atoms with van der Waals surface area (Å²) in [5.41, 5.74) is 7.86. The maximum atomic E-state index is 12.2. The monoisotopic (exact) mass is 469 g/mol. The zero-order valence-electron chi connectivity index (χ0n) is 12.9. The third kappa shape index (κ3) is 4.32. The van der Waals surface area contributed by atoms with E-state index in [2.05, 4.69) is 38.5 Å². The lowest BCUT2D eigenvalue weighted by Crippen LogP contribution is -2.31. The van der Waals surface area contributed by atoms with Crippen LogP contribution in [0.25, 0.3) is 0 Å². The number of hydrogen-bond acceptors (Lipinski definition) is 4. The number of esters is 1. The Morgan fingerprint density at radius 3 is 2.57 bits per heavy atom. The van der Waals surface area contributed by atoms with E-state index in [4.69, 9.17) is 15.2 Å². The van der Waals surface area contributed by atoms with Gasteiger partial charge in [0.2, 0.25) is 0 Å². The Hall–Kier alpha value is -0.340. The summed E-state index contributed by atoms with van der Waals surface area (Å²) in [6, 6.07) is 1.89. The van der Waals surface area contributed by atoms with Gasteiger partial charge >= 0.3 is 5.97 Å². The van der Waals surface area contributed by atoms with Crippen LogP contribution in [0.1, 0.15) is 44.4 Å². The van der Waals surface area contributed by atoms with Crippen LogP contribution < -0.4 is 5.73 Å². The van der Waals surface area contributed by atoms with Gasteiger partial charge in [0.15, 0.2) is 6.10 Å². The van der Waals surface area contributed by atoms with Gasteiger partial charge in [0.25, 0.3) is 0 Å². The number of hydrogen-bond donors (Lipinski definition) is 1. The predicted octanol–water partition coefficient (Wildman–Crippen LogP) is 4.36. The molecular formula is C15H21BrINO3. The van der Waals surface area contributed by atoms with Crippen molar-refractivity contribution < 1.29 is 14.3 Å². The second kappa shape index (κ2) is 7.28. The van der Waals surface area contributed by atoms with Crippen molar-refractivity contribution in [1.82, 2.24) is 0 Å². The first-order valence-corrected chi connectivity index (χ1v) is 8.51. The molecule has 2 N–H and O–H groups in total. The van der Waals surface area contributed by atoms with Crippen molar-refractivity contribution in [2.75, 3.05) is 12.8 Å². The Morgan fingerprint density at radius 2 is 2.10 bits per heavy atom. The lowest BCUT2D eigenvalue weighted by molar-refractivity contribution is -0.166. The molecule has 118 valence electrons. The van der Waals surface area contributed by atoms with Gasteiger partial charge in [-0.2, -0.15) is 0 Å². The van der Waals surface area contributed by atoms with Crippen LogP contribution in [0.15, 0.2) is 10.5 Å². The largest absolute Gasteiger partial charge is 0.467 e. The number of rotatable bonds is 5. The molecule has 0 saturated carbocycles. The molecule has 0 spiro atoms. The van der Waals surface area contributed by atoms with Gasteiger partial charge < -0.3 is 15.2 Å². The zero-order valence-corrected chi connectivity index (χ0v) is 16.7. The molecule has 0 radical (unpaired) electrons. The maximum Gasteiger partial charge on any atom is 0.339 e. The van der Waals surface area contributed by atoms with E-state index in [1.165, 1.54) is 7.11 Å². The van der Waals surface area contributed by atoms with Crippen molar-refractivity contribution in [3.63, 3.8) is 0 Å². The normalized spacial score (nSPS) is 13.1. The summed E-state index contributed by atoms with van der Waals surface area (Å²) < 4.78 is 12.7. The second-order valence-corrected chi connectivity index (χ2v) is 7.44. The van der Waals surface area contributed by atoms with Crippen molar-refractivity contribution in [3.05, 3.63) is 25.2 Å². The molecule has 0 fully saturated rings. The molecule has 0 bridgehead atoms. The average Bonchev–Trinajstić information content (AvgIpc) is 2.42. The number of nitrogen functional groups attached to an aromatic ring is 1. The molecule has 6 heteroatoms. The molecule has 4 nitrogen and oxygen atoms in total. The minimum Gasteiger partial charge on any atom is -0.467 e. The molecule has 0 saturated heterocycles. The number of carbonyl (C=O) groups is 1. The maximum absolute atomic E-state index is 12.2. The summed E-state index contributed by atoms with van der Waals surface area (Å²) in [6.45, 7) is 7.79. The first kappa shape index (κ1) is 18.7. The molecule has 21 heavy (non-hydrogen) atoms. The summed E-state index contributed by atoms with van der Waals surface area (Å²) in [5.74, 6) is -0.430. The van der Waals surface area contributed by atoms with E-state index in [1.54, 1.807) is 0 Å². The molecule has 1 rings (SSSR count). The van der Waals surface area contributed by atoms with Crippen LogP contribution in [0.4, 0.5) is 5.69 Å². The van der Waals surface area contributed by atoms with Crippen LogP contribution in [-0.2, 0) is 14.3 Å².